The van der Waals surface area contributed by atoms with Gasteiger partial charge in [0, 0.05) is 0 Å². The van der Waals surface area contributed by atoms with Gasteiger partial charge in [-0.2, -0.15) is 0 Å². The zero-order valence-corrected chi connectivity index (χ0v) is 9.90. The molecule has 0 aliphatic heterocycles. The van der Waals surface area contributed by atoms with E-state index in [4.69, 9.17) is 27.4 Å². The summed E-state index contributed by atoms with van der Waals surface area (Å²) in [5, 5.41) is 0. The Bertz CT molecular complexity index is 311. The van der Waals surface area contributed by atoms with Gasteiger partial charge in [0.25, 0.3) is 0 Å². The highest BCUT2D eigenvalue weighted by molar-refractivity contribution is 7.80. The van der Waals surface area contributed by atoms with Crippen molar-refractivity contribution in [2.75, 3.05) is 6.61 Å². The Morgan fingerprint density at radius 1 is 1.36 bits per heavy atom. The lowest BCUT2D eigenvalue weighted by Crippen LogP contribution is -2.05. The van der Waals surface area contributed by atoms with Crippen molar-refractivity contribution in [2.24, 2.45) is 0 Å². The summed E-state index contributed by atoms with van der Waals surface area (Å²) in [6, 6.07) is 7.25. The topological polar surface area (TPSA) is 26.3 Å². The van der Waals surface area contributed by atoms with Gasteiger partial charge in [0.15, 0.2) is 11.1 Å². The van der Waals surface area contributed by atoms with Gasteiger partial charge in [-0.3, -0.25) is 4.18 Å². The maximum atomic E-state index is 11.4. The van der Waals surface area contributed by atoms with Crippen LogP contribution in [0.25, 0.3) is 0 Å². The lowest BCUT2D eigenvalue weighted by Gasteiger charge is -2.03. The summed E-state index contributed by atoms with van der Waals surface area (Å²) in [4.78, 5) is -0.0334. The van der Waals surface area contributed by atoms with Crippen LogP contribution in [0.2, 0.25) is 0 Å². The molecule has 0 aliphatic rings. The van der Waals surface area contributed by atoms with Crippen molar-refractivity contribution in [3.8, 4) is 0 Å². The van der Waals surface area contributed by atoms with Crippen LogP contribution in [-0.2, 0) is 15.3 Å². The summed E-state index contributed by atoms with van der Waals surface area (Å²) < 4.78 is 16.4. The van der Waals surface area contributed by atoms with E-state index in [2.05, 4.69) is 0 Å². The van der Waals surface area contributed by atoms with Gasteiger partial charge in [-0.15, -0.1) is 23.2 Å². The summed E-state index contributed by atoms with van der Waals surface area (Å²) in [6.07, 6.45) is 0. The molecule has 2 nitrogen and oxygen atoms in total. The highest BCUT2D eigenvalue weighted by Gasteiger charge is 2.06. The number of hydrogen-bond donors (Lipinski definition) is 0. The lowest BCUT2D eigenvalue weighted by molar-refractivity contribution is 0.365. The molecule has 78 valence electrons. The number of aryl methyl sites for hydroxylation is 1. The van der Waals surface area contributed by atoms with E-state index in [1.165, 1.54) is 0 Å². The Balaban J connectivity index is 2.57. The molecule has 0 fully saturated rings. The number of halogens is 2. The van der Waals surface area contributed by atoms with Crippen LogP contribution >= 0.6 is 23.2 Å². The first-order valence-electron chi connectivity index (χ1n) is 3.99. The molecule has 0 aliphatic carbocycles. The summed E-state index contributed by atoms with van der Waals surface area (Å²) in [7, 11) is 0. The van der Waals surface area contributed by atoms with Gasteiger partial charge in [-0.1, -0.05) is 17.7 Å². The van der Waals surface area contributed by atoms with Crippen LogP contribution in [0.4, 0.5) is 0 Å². The fraction of sp³-hybridized carbons (Fsp3) is 0.333. The van der Waals surface area contributed by atoms with Crippen LogP contribution in [0.1, 0.15) is 5.56 Å². The molecule has 1 atom stereocenters. The third-order valence-corrected chi connectivity index (χ3v) is 2.77. The summed E-state index contributed by atoms with van der Waals surface area (Å²) in [5.41, 5.74) is 1.11. The van der Waals surface area contributed by atoms with Crippen LogP contribution < -0.4 is 0 Å². The van der Waals surface area contributed by atoms with E-state index in [1.54, 1.807) is 12.1 Å². The summed E-state index contributed by atoms with van der Waals surface area (Å²) in [6.45, 7) is 2.02. The smallest absolute Gasteiger partial charge is 0.189 e. The molecule has 0 heterocycles. The zero-order valence-electron chi connectivity index (χ0n) is 7.57. The van der Waals surface area contributed by atoms with E-state index < -0.39 is 15.9 Å². The Morgan fingerprint density at radius 2 is 1.93 bits per heavy atom. The molecule has 1 aromatic rings. The molecule has 1 aromatic carbocycles. The number of hydrogen-bond acceptors (Lipinski definition) is 2. The highest BCUT2D eigenvalue weighted by atomic mass is 35.5. The molecule has 0 spiro atoms. The number of rotatable bonds is 4. The first kappa shape index (κ1) is 12.0. The Labute approximate surface area is 95.8 Å². The Kier molecular flexibility index (Phi) is 4.89. The lowest BCUT2D eigenvalue weighted by atomic mass is 10.2. The van der Waals surface area contributed by atoms with E-state index in [9.17, 15) is 4.21 Å². The number of benzene rings is 1. The molecule has 0 bridgehead atoms. The van der Waals surface area contributed by atoms with Gasteiger partial charge in [-0.25, -0.2) is 4.21 Å². The van der Waals surface area contributed by atoms with Crippen molar-refractivity contribution in [3.63, 3.8) is 0 Å². The van der Waals surface area contributed by atoms with Crippen molar-refractivity contribution in [1.29, 1.82) is 0 Å². The van der Waals surface area contributed by atoms with Crippen LogP contribution in [-0.4, -0.2) is 15.7 Å². The standard InChI is InChI=1S/C9H10Cl2O2S/c1-7-2-4-8(5-3-7)14(12)13-6-9(10)11/h2-5,9H,6H2,1H3. The second-order valence-corrected chi connectivity index (χ2v) is 5.18. The molecule has 0 aromatic heterocycles. The maximum absolute atomic E-state index is 11.4. The molecule has 0 saturated heterocycles. The molecule has 0 N–H and O–H groups in total. The average Bonchev–Trinajstić information content (AvgIpc) is 2.15. The highest BCUT2D eigenvalue weighted by Crippen LogP contribution is 2.11. The average molecular weight is 253 g/mol. The van der Waals surface area contributed by atoms with Gasteiger partial charge < -0.3 is 0 Å². The second-order valence-electron chi connectivity index (χ2n) is 2.72. The Hall–Kier alpha value is -0.0900. The van der Waals surface area contributed by atoms with Gasteiger partial charge in [0.05, 0.1) is 11.5 Å². The largest absolute Gasteiger partial charge is 0.284 e. The zero-order chi connectivity index (χ0) is 10.6. The van der Waals surface area contributed by atoms with Gasteiger partial charge in [0.2, 0.25) is 0 Å². The van der Waals surface area contributed by atoms with E-state index in [0.717, 1.165) is 5.56 Å². The minimum absolute atomic E-state index is 0.0591. The van der Waals surface area contributed by atoms with E-state index in [1.807, 2.05) is 19.1 Å². The molecule has 1 rings (SSSR count). The monoisotopic (exact) mass is 252 g/mol. The second kappa shape index (κ2) is 5.71. The van der Waals surface area contributed by atoms with Crippen LogP contribution in [0.15, 0.2) is 29.2 Å². The van der Waals surface area contributed by atoms with Gasteiger partial charge in [-0.05, 0) is 19.1 Å². The molecule has 1 unspecified atom stereocenters. The minimum Gasteiger partial charge on any atom is -0.284 e. The van der Waals surface area contributed by atoms with Crippen molar-refractivity contribution in [1.82, 2.24) is 0 Å². The first-order valence-corrected chi connectivity index (χ1v) is 5.94. The molecule has 5 heteroatoms. The molecule has 0 saturated carbocycles. The SMILES string of the molecule is Cc1ccc(S(=O)OCC(Cl)Cl)cc1. The van der Waals surface area contributed by atoms with Gasteiger partial charge >= 0.3 is 0 Å². The molecule has 0 radical (unpaired) electrons. The summed E-state index contributed by atoms with van der Waals surface area (Å²) >= 11 is 9.40. The fourth-order valence-electron chi connectivity index (χ4n) is 0.831. The van der Waals surface area contributed by atoms with Crippen molar-refractivity contribution < 1.29 is 8.39 Å². The molecular weight excluding hydrogens is 243 g/mol. The fourth-order valence-corrected chi connectivity index (χ4v) is 1.86. The van der Waals surface area contributed by atoms with E-state index >= 15 is 0 Å². The predicted molar refractivity (Wildman–Crippen MR) is 59.0 cm³/mol. The predicted octanol–water partition coefficient (Wildman–Crippen LogP) is 2.84. The minimum atomic E-state index is -1.48. The first-order chi connectivity index (χ1) is 6.59. The third kappa shape index (κ3) is 3.96. The van der Waals surface area contributed by atoms with Crippen LogP contribution in [0, 0.1) is 6.92 Å². The maximum Gasteiger partial charge on any atom is 0.189 e. The van der Waals surface area contributed by atoms with Crippen molar-refractivity contribution in [2.45, 2.75) is 16.7 Å². The number of alkyl halides is 2. The molecule has 0 amide bonds. The quantitative estimate of drug-likeness (QED) is 0.771. The van der Waals surface area contributed by atoms with Crippen LogP contribution in [0.3, 0.4) is 0 Å². The van der Waals surface area contributed by atoms with Gasteiger partial charge in [0.1, 0.15) is 4.84 Å². The van der Waals surface area contributed by atoms with Crippen molar-refractivity contribution >= 4 is 34.3 Å². The normalized spacial score (nSPS) is 13.1. The van der Waals surface area contributed by atoms with E-state index in [-0.39, 0.29) is 6.61 Å². The van der Waals surface area contributed by atoms with E-state index in [0.29, 0.717) is 4.90 Å². The van der Waals surface area contributed by atoms with Crippen LogP contribution in [0.5, 0.6) is 0 Å². The molecule has 14 heavy (non-hydrogen) atoms. The summed E-state index contributed by atoms with van der Waals surface area (Å²) in [5.74, 6) is 0. The molecular formula is C9H10Cl2O2S. The van der Waals surface area contributed by atoms with Crippen molar-refractivity contribution in [3.05, 3.63) is 29.8 Å². The Morgan fingerprint density at radius 3 is 2.43 bits per heavy atom. The third-order valence-electron chi connectivity index (χ3n) is 1.51.